The molecular formula is C17H22N2O5S. The Morgan fingerprint density at radius 1 is 1.12 bits per heavy atom. The summed E-state index contributed by atoms with van der Waals surface area (Å²) in [6.45, 7) is 0. The minimum atomic E-state index is -3.58. The molecule has 2 rings (SSSR count). The zero-order valence-electron chi connectivity index (χ0n) is 14.0. The molecule has 1 aromatic rings. The van der Waals surface area contributed by atoms with Gasteiger partial charge in [-0.2, -0.15) is 4.31 Å². The van der Waals surface area contributed by atoms with Crippen LogP contribution >= 0.6 is 0 Å². The normalized spacial score (nSPS) is 16.2. The van der Waals surface area contributed by atoms with Crippen LogP contribution in [0.3, 0.4) is 0 Å². The van der Waals surface area contributed by atoms with Gasteiger partial charge in [0.1, 0.15) is 0 Å². The molecule has 0 heterocycles. The molecule has 0 radical (unpaired) electrons. The van der Waals surface area contributed by atoms with Gasteiger partial charge in [-0.1, -0.05) is 19.3 Å². The van der Waals surface area contributed by atoms with Crippen LogP contribution in [0.15, 0.2) is 41.3 Å². The van der Waals surface area contributed by atoms with Gasteiger partial charge in [-0.3, -0.25) is 4.79 Å². The molecule has 7 nitrogen and oxygen atoms in total. The van der Waals surface area contributed by atoms with Crippen molar-refractivity contribution in [1.82, 2.24) is 4.31 Å². The summed E-state index contributed by atoms with van der Waals surface area (Å²) in [5.41, 5.74) is 0.388. The van der Waals surface area contributed by atoms with Gasteiger partial charge in [0.15, 0.2) is 0 Å². The summed E-state index contributed by atoms with van der Waals surface area (Å²) in [5, 5.41) is 10.9. The number of carbonyl (C=O) groups is 2. The van der Waals surface area contributed by atoms with Crippen molar-refractivity contribution in [3.8, 4) is 0 Å². The Kier molecular flexibility index (Phi) is 6.33. The van der Waals surface area contributed by atoms with Crippen LogP contribution in [0.1, 0.15) is 32.1 Å². The number of aliphatic carboxylic acids is 1. The van der Waals surface area contributed by atoms with Gasteiger partial charge in [0, 0.05) is 30.9 Å². The highest BCUT2D eigenvalue weighted by molar-refractivity contribution is 7.89. The fourth-order valence-corrected chi connectivity index (χ4v) is 4.26. The Balaban J connectivity index is 2.07. The van der Waals surface area contributed by atoms with E-state index < -0.39 is 21.9 Å². The second kappa shape index (κ2) is 8.26. The lowest BCUT2D eigenvalue weighted by Gasteiger charge is -2.30. The van der Waals surface area contributed by atoms with Crippen molar-refractivity contribution in [1.29, 1.82) is 0 Å². The number of hydrogen-bond donors (Lipinski definition) is 2. The highest BCUT2D eigenvalue weighted by atomic mass is 32.2. The van der Waals surface area contributed by atoms with Gasteiger partial charge < -0.3 is 10.4 Å². The summed E-state index contributed by atoms with van der Waals surface area (Å²) in [7, 11) is -1.97. The molecule has 136 valence electrons. The van der Waals surface area contributed by atoms with Crippen molar-refractivity contribution in [3.05, 3.63) is 36.4 Å². The molecule has 1 saturated carbocycles. The van der Waals surface area contributed by atoms with E-state index in [2.05, 4.69) is 5.32 Å². The summed E-state index contributed by atoms with van der Waals surface area (Å²) < 4.78 is 26.8. The minimum absolute atomic E-state index is 0.0271. The first-order valence-electron chi connectivity index (χ1n) is 8.11. The lowest BCUT2D eigenvalue weighted by Crippen LogP contribution is -2.38. The second-order valence-corrected chi connectivity index (χ2v) is 8.00. The highest BCUT2D eigenvalue weighted by Gasteiger charge is 2.28. The Morgan fingerprint density at radius 2 is 1.72 bits per heavy atom. The molecule has 1 aromatic carbocycles. The molecule has 1 fully saturated rings. The summed E-state index contributed by atoms with van der Waals surface area (Å²) in [6, 6.07) is 5.86. The number of amides is 1. The van der Waals surface area contributed by atoms with Crippen molar-refractivity contribution in [2.24, 2.45) is 0 Å². The minimum Gasteiger partial charge on any atom is -0.478 e. The van der Waals surface area contributed by atoms with E-state index in [0.29, 0.717) is 5.69 Å². The number of hydrogen-bond acceptors (Lipinski definition) is 4. The van der Waals surface area contributed by atoms with Gasteiger partial charge in [0.25, 0.3) is 0 Å². The third kappa shape index (κ3) is 5.14. The van der Waals surface area contributed by atoms with Crippen molar-refractivity contribution < 1.29 is 23.1 Å². The number of sulfonamides is 1. The molecule has 0 saturated heterocycles. The number of carboxylic acid groups (broad SMARTS) is 1. The number of anilines is 1. The van der Waals surface area contributed by atoms with Crippen molar-refractivity contribution >= 4 is 27.6 Å². The maximum atomic E-state index is 12.7. The maximum Gasteiger partial charge on any atom is 0.328 e. The molecule has 8 heteroatoms. The highest BCUT2D eigenvalue weighted by Crippen LogP contribution is 2.26. The van der Waals surface area contributed by atoms with Crippen LogP contribution in [0.25, 0.3) is 0 Å². The molecule has 2 N–H and O–H groups in total. The predicted octanol–water partition coefficient (Wildman–Crippen LogP) is 2.22. The van der Waals surface area contributed by atoms with Crippen LogP contribution in [0.5, 0.6) is 0 Å². The summed E-state index contributed by atoms with van der Waals surface area (Å²) in [5.74, 6) is -1.82. The smallest absolute Gasteiger partial charge is 0.328 e. The van der Waals surface area contributed by atoms with Gasteiger partial charge in [0.2, 0.25) is 15.9 Å². The Hall–Kier alpha value is -2.19. The standard InChI is InChI=1S/C17H22N2O5S/c1-19(14-5-3-2-4-6-14)25(23,24)15-9-7-13(8-10-15)18-16(20)11-12-17(21)22/h7-12,14H,2-6H2,1H3,(H,18,20)(H,21,22). The van der Waals surface area contributed by atoms with Crippen LogP contribution in [0.2, 0.25) is 0 Å². The largest absolute Gasteiger partial charge is 0.478 e. The molecular weight excluding hydrogens is 344 g/mol. The molecule has 1 amide bonds. The molecule has 0 atom stereocenters. The van der Waals surface area contributed by atoms with Gasteiger partial charge in [-0.05, 0) is 37.1 Å². The third-order valence-electron chi connectivity index (χ3n) is 4.27. The Labute approximate surface area is 147 Å². The van der Waals surface area contributed by atoms with E-state index in [1.807, 2.05) is 0 Å². The molecule has 0 unspecified atom stereocenters. The van der Waals surface area contributed by atoms with Gasteiger partial charge in [-0.25, -0.2) is 13.2 Å². The number of benzene rings is 1. The monoisotopic (exact) mass is 366 g/mol. The molecule has 0 aliphatic heterocycles. The zero-order valence-corrected chi connectivity index (χ0v) is 14.8. The molecule has 1 aliphatic carbocycles. The Morgan fingerprint density at radius 3 is 2.28 bits per heavy atom. The summed E-state index contributed by atoms with van der Waals surface area (Å²) >= 11 is 0. The lowest BCUT2D eigenvalue weighted by molar-refractivity contribution is -0.131. The van der Waals surface area contributed by atoms with Gasteiger partial charge >= 0.3 is 5.97 Å². The summed E-state index contributed by atoms with van der Waals surface area (Å²) in [4.78, 5) is 22.1. The number of carboxylic acids is 1. The van der Waals surface area contributed by atoms with Gasteiger partial charge in [-0.15, -0.1) is 0 Å². The van der Waals surface area contributed by atoms with E-state index in [-0.39, 0.29) is 10.9 Å². The average Bonchev–Trinajstić information content (AvgIpc) is 2.60. The lowest BCUT2D eigenvalue weighted by atomic mass is 9.96. The van der Waals surface area contributed by atoms with E-state index >= 15 is 0 Å². The first-order chi connectivity index (χ1) is 11.8. The van der Waals surface area contributed by atoms with Gasteiger partial charge in [0.05, 0.1) is 4.90 Å². The first-order valence-corrected chi connectivity index (χ1v) is 9.55. The SMILES string of the molecule is CN(C1CCCCC1)S(=O)(=O)c1ccc(NC(=O)C=CC(=O)O)cc1. The molecule has 0 aromatic heterocycles. The average molecular weight is 366 g/mol. The molecule has 0 bridgehead atoms. The predicted molar refractivity (Wildman–Crippen MR) is 93.7 cm³/mol. The molecule has 0 spiro atoms. The van der Waals surface area contributed by atoms with Crippen molar-refractivity contribution in [2.45, 2.75) is 43.0 Å². The number of nitrogens with zero attached hydrogens (tertiary/aromatic N) is 1. The van der Waals surface area contributed by atoms with E-state index in [0.717, 1.165) is 44.3 Å². The fraction of sp³-hybridized carbons (Fsp3) is 0.412. The topological polar surface area (TPSA) is 104 Å². The maximum absolute atomic E-state index is 12.7. The van der Waals surface area contributed by atoms with Crippen LogP contribution in [0.4, 0.5) is 5.69 Å². The van der Waals surface area contributed by atoms with E-state index in [4.69, 9.17) is 5.11 Å². The first kappa shape index (κ1) is 19.1. The Bertz CT molecular complexity index is 750. The third-order valence-corrected chi connectivity index (χ3v) is 6.19. The van der Waals surface area contributed by atoms with Crippen molar-refractivity contribution in [3.63, 3.8) is 0 Å². The van der Waals surface area contributed by atoms with E-state index in [1.165, 1.54) is 28.6 Å². The molecule has 1 aliphatic rings. The van der Waals surface area contributed by atoms with Crippen LogP contribution in [-0.4, -0.2) is 42.8 Å². The fourth-order valence-electron chi connectivity index (χ4n) is 2.85. The van der Waals surface area contributed by atoms with E-state index in [9.17, 15) is 18.0 Å². The zero-order chi connectivity index (χ0) is 18.4. The quantitative estimate of drug-likeness (QED) is 0.751. The number of rotatable bonds is 6. The summed E-state index contributed by atoms with van der Waals surface area (Å²) in [6.07, 6.45) is 6.60. The number of carbonyl (C=O) groups excluding carboxylic acids is 1. The molecule has 25 heavy (non-hydrogen) atoms. The van der Waals surface area contributed by atoms with Crippen LogP contribution in [0, 0.1) is 0 Å². The number of nitrogens with one attached hydrogen (secondary N) is 1. The second-order valence-electron chi connectivity index (χ2n) is 6.00. The van der Waals surface area contributed by atoms with Crippen molar-refractivity contribution in [2.75, 3.05) is 12.4 Å². The van der Waals surface area contributed by atoms with E-state index in [1.54, 1.807) is 7.05 Å². The van der Waals surface area contributed by atoms with Crippen LogP contribution < -0.4 is 5.32 Å². The van der Waals surface area contributed by atoms with Crippen LogP contribution in [-0.2, 0) is 19.6 Å².